The molecule has 2 atom stereocenters. The van der Waals surface area contributed by atoms with Crippen LogP contribution in [0.5, 0.6) is 0 Å². The predicted molar refractivity (Wildman–Crippen MR) is 81.1 cm³/mol. The molecule has 1 fully saturated rings. The summed E-state index contributed by atoms with van der Waals surface area (Å²) in [5.41, 5.74) is 0. The second-order valence-electron chi connectivity index (χ2n) is 5.05. The number of hydrogen-bond acceptors (Lipinski definition) is 5. The van der Waals surface area contributed by atoms with Crippen LogP contribution in [0.25, 0.3) is 0 Å². The Hall–Kier alpha value is -0.650. The van der Waals surface area contributed by atoms with Gasteiger partial charge < -0.3 is 15.0 Å². The molecule has 0 spiro atoms. The minimum absolute atomic E-state index is 0.396. The van der Waals surface area contributed by atoms with Crippen LogP contribution in [0.4, 0.5) is 5.13 Å². The summed E-state index contributed by atoms with van der Waals surface area (Å²) in [6.07, 6.45) is 4.30. The first kappa shape index (κ1) is 14.8. The fourth-order valence-corrected chi connectivity index (χ4v) is 3.36. The lowest BCUT2D eigenvalue weighted by Crippen LogP contribution is -2.45. The zero-order valence-electron chi connectivity index (χ0n) is 12.2. The third kappa shape index (κ3) is 3.68. The zero-order chi connectivity index (χ0) is 13.7. The van der Waals surface area contributed by atoms with Gasteiger partial charge in [0.15, 0.2) is 5.13 Å². The van der Waals surface area contributed by atoms with Crippen molar-refractivity contribution in [1.82, 2.24) is 10.3 Å². The summed E-state index contributed by atoms with van der Waals surface area (Å²) >= 11 is 1.81. The maximum Gasteiger partial charge on any atom is 0.185 e. The maximum atomic E-state index is 5.55. The minimum Gasteiger partial charge on any atom is -0.377 e. The number of thiazole rings is 1. The van der Waals surface area contributed by atoms with Gasteiger partial charge in [0.05, 0.1) is 19.3 Å². The van der Waals surface area contributed by atoms with E-state index in [2.05, 4.69) is 36.0 Å². The number of anilines is 1. The molecule has 19 heavy (non-hydrogen) atoms. The maximum absolute atomic E-state index is 5.55. The van der Waals surface area contributed by atoms with Gasteiger partial charge in [0.25, 0.3) is 0 Å². The van der Waals surface area contributed by atoms with Gasteiger partial charge in [-0.2, -0.15) is 0 Å². The van der Waals surface area contributed by atoms with Gasteiger partial charge in [0, 0.05) is 23.7 Å². The third-order valence-electron chi connectivity index (χ3n) is 3.58. The van der Waals surface area contributed by atoms with Crippen LogP contribution in [0.2, 0.25) is 0 Å². The minimum atomic E-state index is 0.396. The Kier molecular flexibility index (Phi) is 5.60. The molecule has 0 aliphatic carbocycles. The zero-order valence-corrected chi connectivity index (χ0v) is 13.0. The summed E-state index contributed by atoms with van der Waals surface area (Å²) in [4.78, 5) is 8.35. The summed E-state index contributed by atoms with van der Waals surface area (Å²) in [6.45, 7) is 10.3. The van der Waals surface area contributed by atoms with E-state index in [-0.39, 0.29) is 0 Å². The van der Waals surface area contributed by atoms with Crippen LogP contribution < -0.4 is 10.2 Å². The molecule has 1 aliphatic rings. The van der Waals surface area contributed by atoms with Crippen LogP contribution in [0, 0.1) is 0 Å². The van der Waals surface area contributed by atoms with Crippen LogP contribution in [0.15, 0.2) is 6.20 Å². The average molecular weight is 283 g/mol. The molecule has 5 heteroatoms. The molecule has 0 bridgehead atoms. The lowest BCUT2D eigenvalue weighted by molar-refractivity contribution is 0.0930. The molecule has 4 nitrogen and oxygen atoms in total. The van der Waals surface area contributed by atoms with Gasteiger partial charge in [-0.15, -0.1) is 11.3 Å². The Balaban J connectivity index is 2.02. The number of aromatic nitrogens is 1. The molecule has 2 rings (SSSR count). The van der Waals surface area contributed by atoms with Crippen molar-refractivity contribution in [3.05, 3.63) is 11.1 Å². The van der Waals surface area contributed by atoms with E-state index in [1.807, 2.05) is 17.5 Å². The lowest BCUT2D eigenvalue weighted by atomic mass is 10.2. The summed E-state index contributed by atoms with van der Waals surface area (Å²) in [5, 5.41) is 4.67. The predicted octanol–water partition coefficient (Wildman–Crippen LogP) is 2.82. The number of nitrogens with one attached hydrogen (secondary N) is 1. The van der Waals surface area contributed by atoms with E-state index >= 15 is 0 Å². The molecule has 0 aromatic carbocycles. The van der Waals surface area contributed by atoms with Crippen LogP contribution in [0.3, 0.4) is 0 Å². The molecule has 2 heterocycles. The standard InChI is InChI=1S/C14H25N3OS/c1-4-6-15-11(3)13-9-16-14(19-13)17-7-8-18-10-12(17)5-2/h9,11-12,15H,4-8,10H2,1-3H3. The van der Waals surface area contributed by atoms with Gasteiger partial charge >= 0.3 is 0 Å². The van der Waals surface area contributed by atoms with E-state index in [0.29, 0.717) is 12.1 Å². The second kappa shape index (κ2) is 7.22. The smallest absolute Gasteiger partial charge is 0.185 e. The first-order valence-corrected chi connectivity index (χ1v) is 8.11. The number of morpholine rings is 1. The molecule has 1 aromatic rings. The van der Waals surface area contributed by atoms with E-state index in [4.69, 9.17) is 4.74 Å². The van der Waals surface area contributed by atoms with Crippen molar-refractivity contribution in [1.29, 1.82) is 0 Å². The first-order chi connectivity index (χ1) is 9.26. The summed E-state index contributed by atoms with van der Waals surface area (Å²) in [6, 6.07) is 0.874. The highest BCUT2D eigenvalue weighted by Gasteiger charge is 2.24. The van der Waals surface area contributed by atoms with Crippen molar-refractivity contribution in [3.63, 3.8) is 0 Å². The van der Waals surface area contributed by atoms with Gasteiger partial charge in [-0.25, -0.2) is 4.98 Å². The van der Waals surface area contributed by atoms with Crippen molar-refractivity contribution >= 4 is 16.5 Å². The van der Waals surface area contributed by atoms with E-state index in [9.17, 15) is 0 Å². The first-order valence-electron chi connectivity index (χ1n) is 7.29. The molecular weight excluding hydrogens is 258 g/mol. The van der Waals surface area contributed by atoms with Crippen LogP contribution in [-0.2, 0) is 4.74 Å². The Morgan fingerprint density at radius 2 is 2.42 bits per heavy atom. The summed E-state index contributed by atoms with van der Waals surface area (Å²) < 4.78 is 5.55. The number of rotatable bonds is 6. The summed E-state index contributed by atoms with van der Waals surface area (Å²) in [7, 11) is 0. The molecule has 1 aliphatic heterocycles. The molecular formula is C14H25N3OS. The van der Waals surface area contributed by atoms with Crippen molar-refractivity contribution in [2.24, 2.45) is 0 Å². The van der Waals surface area contributed by atoms with Crippen molar-refractivity contribution in [2.75, 3.05) is 31.2 Å². The molecule has 1 N–H and O–H groups in total. The van der Waals surface area contributed by atoms with Gasteiger partial charge in [-0.05, 0) is 26.3 Å². The molecule has 0 saturated carbocycles. The monoisotopic (exact) mass is 283 g/mol. The Morgan fingerprint density at radius 3 is 3.16 bits per heavy atom. The topological polar surface area (TPSA) is 37.4 Å². The molecule has 1 saturated heterocycles. The fourth-order valence-electron chi connectivity index (χ4n) is 2.32. The third-order valence-corrected chi connectivity index (χ3v) is 4.80. The van der Waals surface area contributed by atoms with Gasteiger partial charge in [-0.1, -0.05) is 13.8 Å². The Bertz CT molecular complexity index is 383. The van der Waals surface area contributed by atoms with E-state index < -0.39 is 0 Å². The van der Waals surface area contributed by atoms with Gasteiger partial charge in [0.2, 0.25) is 0 Å². The largest absolute Gasteiger partial charge is 0.377 e. The lowest BCUT2D eigenvalue weighted by Gasteiger charge is -2.34. The Morgan fingerprint density at radius 1 is 1.58 bits per heavy atom. The highest BCUT2D eigenvalue weighted by atomic mass is 32.1. The molecule has 0 radical (unpaired) electrons. The molecule has 1 aromatic heterocycles. The fraction of sp³-hybridized carbons (Fsp3) is 0.786. The normalized spacial score (nSPS) is 21.6. The average Bonchev–Trinajstić information content (AvgIpc) is 2.94. The SMILES string of the molecule is CCCNC(C)c1cnc(N2CCOCC2CC)s1. The van der Waals surface area contributed by atoms with Crippen molar-refractivity contribution < 1.29 is 4.74 Å². The van der Waals surface area contributed by atoms with E-state index in [1.165, 1.54) is 4.88 Å². The second-order valence-corrected chi connectivity index (χ2v) is 6.09. The van der Waals surface area contributed by atoms with Crippen molar-refractivity contribution in [3.8, 4) is 0 Å². The quantitative estimate of drug-likeness (QED) is 0.871. The van der Waals surface area contributed by atoms with Crippen molar-refractivity contribution in [2.45, 2.75) is 45.7 Å². The van der Waals surface area contributed by atoms with Gasteiger partial charge in [-0.3, -0.25) is 0 Å². The van der Waals surface area contributed by atoms with E-state index in [0.717, 1.165) is 44.3 Å². The Labute approximate surface area is 120 Å². The highest BCUT2D eigenvalue weighted by molar-refractivity contribution is 7.15. The van der Waals surface area contributed by atoms with Crippen LogP contribution >= 0.6 is 11.3 Å². The molecule has 2 unspecified atom stereocenters. The molecule has 108 valence electrons. The highest BCUT2D eigenvalue weighted by Crippen LogP contribution is 2.29. The summed E-state index contributed by atoms with van der Waals surface area (Å²) in [5.74, 6) is 0. The number of ether oxygens (including phenoxy) is 1. The number of hydrogen-bond donors (Lipinski definition) is 1. The van der Waals surface area contributed by atoms with Gasteiger partial charge in [0.1, 0.15) is 0 Å². The van der Waals surface area contributed by atoms with Crippen LogP contribution in [-0.4, -0.2) is 37.3 Å². The molecule has 0 amide bonds. The number of nitrogens with zero attached hydrogens (tertiary/aromatic N) is 2. The van der Waals surface area contributed by atoms with Crippen LogP contribution in [0.1, 0.15) is 44.5 Å². The van der Waals surface area contributed by atoms with E-state index in [1.54, 1.807) is 0 Å².